The summed E-state index contributed by atoms with van der Waals surface area (Å²) in [6.07, 6.45) is 7.61. The van der Waals surface area contributed by atoms with Crippen LogP contribution in [0.1, 0.15) is 31.5 Å². The lowest BCUT2D eigenvalue weighted by Crippen LogP contribution is -2.42. The molecule has 1 fully saturated rings. The lowest BCUT2D eigenvalue weighted by Gasteiger charge is -2.32. The van der Waals surface area contributed by atoms with Crippen LogP contribution in [0.15, 0.2) is 33.9 Å². The van der Waals surface area contributed by atoms with E-state index in [1.54, 1.807) is 17.2 Å². The fraction of sp³-hybridized carbons (Fsp3) is 0.444. The van der Waals surface area contributed by atoms with Gasteiger partial charge in [-0.15, -0.1) is 0 Å². The molecule has 27 heavy (non-hydrogen) atoms. The van der Waals surface area contributed by atoms with Gasteiger partial charge in [0.15, 0.2) is 5.82 Å². The molecule has 9 nitrogen and oxygen atoms in total. The molecule has 2 aliphatic rings. The van der Waals surface area contributed by atoms with Crippen LogP contribution < -0.4 is 0 Å². The van der Waals surface area contributed by atoms with Gasteiger partial charge in [0, 0.05) is 44.0 Å². The smallest absolute Gasteiger partial charge is 0.276 e. The molecular weight excluding hydrogens is 348 g/mol. The van der Waals surface area contributed by atoms with Crippen molar-refractivity contribution in [3.63, 3.8) is 0 Å². The number of rotatable bonds is 4. The van der Waals surface area contributed by atoms with E-state index in [4.69, 9.17) is 4.52 Å². The Morgan fingerprint density at radius 1 is 1.33 bits per heavy atom. The van der Waals surface area contributed by atoms with Crippen LogP contribution in [-0.2, 0) is 16.1 Å². The maximum Gasteiger partial charge on any atom is 0.276 e. The van der Waals surface area contributed by atoms with Gasteiger partial charge >= 0.3 is 0 Å². The lowest BCUT2D eigenvalue weighted by atomic mass is 9.95. The number of hydrogen-bond acceptors (Lipinski definition) is 6. The molecule has 4 rings (SSSR count). The molecule has 1 atom stereocenters. The summed E-state index contributed by atoms with van der Waals surface area (Å²) in [6.45, 7) is 3.96. The molecular formula is C18H20N6O3. The molecule has 0 spiro atoms. The Balaban J connectivity index is 1.38. The number of aromatic nitrogens is 4. The average Bonchev–Trinajstić information content (AvgIpc) is 3.37. The van der Waals surface area contributed by atoms with Crippen molar-refractivity contribution in [2.24, 2.45) is 10.9 Å². The summed E-state index contributed by atoms with van der Waals surface area (Å²) in [4.78, 5) is 33.7. The van der Waals surface area contributed by atoms with Crippen LogP contribution in [0.3, 0.4) is 0 Å². The van der Waals surface area contributed by atoms with Crippen molar-refractivity contribution in [2.45, 2.75) is 32.2 Å². The predicted molar refractivity (Wildman–Crippen MR) is 95.9 cm³/mol. The minimum absolute atomic E-state index is 0.0263. The third-order valence-corrected chi connectivity index (χ3v) is 4.94. The maximum atomic E-state index is 12.5. The van der Waals surface area contributed by atoms with Gasteiger partial charge in [0.05, 0.1) is 5.92 Å². The molecule has 0 radical (unpaired) electrons. The summed E-state index contributed by atoms with van der Waals surface area (Å²) in [5.74, 6) is 0.491. The van der Waals surface area contributed by atoms with E-state index in [0.29, 0.717) is 24.8 Å². The Morgan fingerprint density at radius 3 is 2.85 bits per heavy atom. The quantitative estimate of drug-likeness (QED) is 0.808. The van der Waals surface area contributed by atoms with Gasteiger partial charge in [0.2, 0.25) is 5.91 Å². The van der Waals surface area contributed by atoms with E-state index in [-0.39, 0.29) is 17.7 Å². The van der Waals surface area contributed by atoms with Gasteiger partial charge in [0.25, 0.3) is 11.8 Å². The van der Waals surface area contributed by atoms with Gasteiger partial charge in [-0.1, -0.05) is 11.2 Å². The standard InChI is InChI=1S/C18H20N6O3/c1-2-24-14(5-8-20-24)17-21-16(22-27-17)12-6-9-23(10-7-12)18(26)13-3-4-15(25)19-11-13/h3-5,8,11-13H,2,6-7,9-10H2,1H3. The molecule has 2 aromatic heterocycles. The molecule has 4 heterocycles. The Hall–Kier alpha value is -3.10. The van der Waals surface area contributed by atoms with Gasteiger partial charge in [-0.3, -0.25) is 14.3 Å². The summed E-state index contributed by atoms with van der Waals surface area (Å²) < 4.78 is 7.23. The highest BCUT2D eigenvalue weighted by molar-refractivity contribution is 6.05. The van der Waals surface area contributed by atoms with E-state index in [9.17, 15) is 9.59 Å². The zero-order chi connectivity index (χ0) is 18.8. The fourth-order valence-electron chi connectivity index (χ4n) is 3.42. The molecule has 9 heteroatoms. The van der Waals surface area contributed by atoms with Crippen LogP contribution >= 0.6 is 0 Å². The van der Waals surface area contributed by atoms with Gasteiger partial charge in [0.1, 0.15) is 5.69 Å². The van der Waals surface area contributed by atoms with Crippen molar-refractivity contribution in [3.05, 3.63) is 30.2 Å². The van der Waals surface area contributed by atoms with E-state index >= 15 is 0 Å². The van der Waals surface area contributed by atoms with Crippen LogP contribution in [0, 0.1) is 5.92 Å². The van der Waals surface area contributed by atoms with Crippen molar-refractivity contribution >= 4 is 18.0 Å². The molecule has 1 unspecified atom stereocenters. The second-order valence-electron chi connectivity index (χ2n) is 6.59. The van der Waals surface area contributed by atoms with E-state index < -0.39 is 5.92 Å². The second-order valence-corrected chi connectivity index (χ2v) is 6.59. The molecule has 0 aromatic carbocycles. The molecule has 0 bridgehead atoms. The molecule has 0 N–H and O–H groups in total. The summed E-state index contributed by atoms with van der Waals surface area (Å²) in [5.41, 5.74) is 0.807. The Bertz CT molecular complexity index is 888. The van der Waals surface area contributed by atoms with Crippen LogP contribution in [-0.4, -0.2) is 55.9 Å². The summed E-state index contributed by atoms with van der Waals surface area (Å²) in [6, 6.07) is 1.85. The normalized spacial score (nSPS) is 20.4. The van der Waals surface area contributed by atoms with Crippen molar-refractivity contribution < 1.29 is 14.1 Å². The molecule has 140 valence electrons. The number of carbonyl (C=O) groups is 2. The average molecular weight is 368 g/mol. The van der Waals surface area contributed by atoms with Gasteiger partial charge in [-0.2, -0.15) is 10.1 Å². The zero-order valence-corrected chi connectivity index (χ0v) is 15.0. The fourth-order valence-corrected chi connectivity index (χ4v) is 3.42. The number of hydrogen-bond donors (Lipinski definition) is 0. The molecule has 0 saturated carbocycles. The first-order valence-corrected chi connectivity index (χ1v) is 9.06. The highest BCUT2D eigenvalue weighted by Crippen LogP contribution is 2.28. The number of piperidine rings is 1. The van der Waals surface area contributed by atoms with E-state index in [2.05, 4.69) is 20.2 Å². The maximum absolute atomic E-state index is 12.5. The van der Waals surface area contributed by atoms with E-state index in [1.807, 2.05) is 17.7 Å². The first kappa shape index (κ1) is 17.3. The Kier molecular flexibility index (Phi) is 4.66. The Morgan fingerprint density at radius 2 is 2.15 bits per heavy atom. The second kappa shape index (κ2) is 7.26. The zero-order valence-electron chi connectivity index (χ0n) is 15.0. The number of aryl methyl sites for hydroxylation is 1. The number of carbonyl (C=O) groups excluding carboxylic acids is 2. The third-order valence-electron chi connectivity index (χ3n) is 4.94. The third kappa shape index (κ3) is 3.44. The SMILES string of the molecule is CCn1nccc1-c1nc(C2CCN(C(=O)C3C=CC(=O)N=C3)CC2)no1. The van der Waals surface area contributed by atoms with Crippen LogP contribution in [0.25, 0.3) is 11.6 Å². The lowest BCUT2D eigenvalue weighted by molar-refractivity contribution is -0.133. The summed E-state index contributed by atoms with van der Waals surface area (Å²) in [5, 5.41) is 8.36. The first-order valence-electron chi connectivity index (χ1n) is 9.06. The number of aliphatic imine (C=N–C) groups is 1. The Labute approximate surface area is 155 Å². The number of amides is 2. The summed E-state index contributed by atoms with van der Waals surface area (Å²) in [7, 11) is 0. The van der Waals surface area contributed by atoms with Crippen LogP contribution in [0.4, 0.5) is 0 Å². The van der Waals surface area contributed by atoms with Crippen molar-refractivity contribution in [3.8, 4) is 11.6 Å². The monoisotopic (exact) mass is 368 g/mol. The topological polar surface area (TPSA) is 106 Å². The minimum Gasteiger partial charge on any atom is -0.342 e. The molecule has 2 amide bonds. The highest BCUT2D eigenvalue weighted by atomic mass is 16.5. The summed E-state index contributed by atoms with van der Waals surface area (Å²) >= 11 is 0. The van der Waals surface area contributed by atoms with E-state index in [0.717, 1.165) is 25.1 Å². The van der Waals surface area contributed by atoms with Crippen LogP contribution in [0.2, 0.25) is 0 Å². The van der Waals surface area contributed by atoms with Crippen molar-refractivity contribution in [2.75, 3.05) is 13.1 Å². The molecule has 2 aromatic rings. The molecule has 0 aliphatic carbocycles. The first-order chi connectivity index (χ1) is 13.2. The number of likely N-dealkylation sites (tertiary alicyclic amines) is 1. The number of nitrogens with zero attached hydrogens (tertiary/aromatic N) is 6. The molecule has 2 aliphatic heterocycles. The van der Waals surface area contributed by atoms with E-state index in [1.165, 1.54) is 12.3 Å². The van der Waals surface area contributed by atoms with Crippen molar-refractivity contribution in [1.82, 2.24) is 24.8 Å². The highest BCUT2D eigenvalue weighted by Gasteiger charge is 2.30. The predicted octanol–water partition coefficient (Wildman–Crippen LogP) is 1.44. The van der Waals surface area contributed by atoms with Crippen LogP contribution in [0.5, 0.6) is 0 Å². The van der Waals surface area contributed by atoms with Crippen molar-refractivity contribution in [1.29, 1.82) is 0 Å². The molecule has 1 saturated heterocycles. The van der Waals surface area contributed by atoms with Gasteiger partial charge < -0.3 is 9.42 Å². The van der Waals surface area contributed by atoms with Gasteiger partial charge in [-0.25, -0.2) is 4.99 Å². The largest absolute Gasteiger partial charge is 0.342 e. The van der Waals surface area contributed by atoms with Gasteiger partial charge in [-0.05, 0) is 25.8 Å². The number of dihydropyridines is 1. The minimum atomic E-state index is -0.453.